The van der Waals surface area contributed by atoms with Crippen molar-refractivity contribution in [1.29, 1.82) is 5.26 Å². The highest BCUT2D eigenvalue weighted by Crippen LogP contribution is 2.21. The summed E-state index contributed by atoms with van der Waals surface area (Å²) in [5.74, 6) is -0.0614. The van der Waals surface area contributed by atoms with E-state index in [9.17, 15) is 4.79 Å². The number of hydrogen-bond acceptors (Lipinski definition) is 3. The van der Waals surface area contributed by atoms with Gasteiger partial charge in [-0.2, -0.15) is 5.26 Å². The predicted octanol–water partition coefficient (Wildman–Crippen LogP) is 2.68. The minimum Gasteiger partial charge on any atom is -0.315 e. The number of carbonyl (C=O) groups is 1. The summed E-state index contributed by atoms with van der Waals surface area (Å²) >= 11 is 1.01. The summed E-state index contributed by atoms with van der Waals surface area (Å²) in [4.78, 5) is 12.8. The summed E-state index contributed by atoms with van der Waals surface area (Å²) in [5, 5.41) is 12.2. The van der Waals surface area contributed by atoms with Gasteiger partial charge in [-0.05, 0) is 17.3 Å². The first-order valence-corrected chi connectivity index (χ1v) is 5.59. The molecule has 0 atom stereocenters. The number of amides is 1. The summed E-state index contributed by atoms with van der Waals surface area (Å²) < 4.78 is 0. The molecular formula is C12H12N2OS. The first-order chi connectivity index (χ1) is 7.66. The number of hydrogen-bond donors (Lipinski definition) is 0. The molecule has 0 N–H and O–H groups in total. The molecule has 1 aromatic rings. The van der Waals surface area contributed by atoms with Crippen molar-refractivity contribution in [2.24, 2.45) is 0 Å². The molecular weight excluding hydrogens is 220 g/mol. The van der Waals surface area contributed by atoms with E-state index < -0.39 is 0 Å². The maximum absolute atomic E-state index is 11.3. The molecule has 1 rings (SSSR count). The second kappa shape index (κ2) is 5.99. The van der Waals surface area contributed by atoms with Gasteiger partial charge in [0.05, 0.1) is 5.70 Å². The molecule has 0 fully saturated rings. The molecule has 0 heterocycles. The Balaban J connectivity index is 3.07. The molecule has 1 aromatic carbocycles. The lowest BCUT2D eigenvalue weighted by molar-refractivity contribution is -0.124. The number of nitriles is 1. The van der Waals surface area contributed by atoms with E-state index in [1.54, 1.807) is 12.5 Å². The minimum absolute atomic E-state index is 0.0614. The van der Waals surface area contributed by atoms with Crippen molar-refractivity contribution in [3.63, 3.8) is 0 Å². The van der Waals surface area contributed by atoms with Gasteiger partial charge in [0, 0.05) is 19.4 Å². The number of carbonyl (C=O) groups excluding carboxylic acids is 1. The molecule has 0 saturated carbocycles. The molecule has 16 heavy (non-hydrogen) atoms. The van der Waals surface area contributed by atoms with Crippen LogP contribution in [0.25, 0.3) is 5.70 Å². The van der Waals surface area contributed by atoms with E-state index >= 15 is 0 Å². The van der Waals surface area contributed by atoms with Gasteiger partial charge in [-0.3, -0.25) is 4.79 Å². The summed E-state index contributed by atoms with van der Waals surface area (Å²) in [7, 11) is 1.69. The van der Waals surface area contributed by atoms with Crippen LogP contribution in [-0.2, 0) is 4.79 Å². The Labute approximate surface area is 99.4 Å². The van der Waals surface area contributed by atoms with E-state index in [1.165, 1.54) is 11.8 Å². The lowest BCUT2D eigenvalue weighted by Gasteiger charge is -2.18. The summed E-state index contributed by atoms with van der Waals surface area (Å²) in [6.07, 6.45) is 0. The van der Waals surface area contributed by atoms with Gasteiger partial charge in [-0.1, -0.05) is 30.3 Å². The van der Waals surface area contributed by atoms with Crippen molar-refractivity contribution in [3.05, 3.63) is 41.3 Å². The minimum atomic E-state index is -0.0614. The third kappa shape index (κ3) is 3.14. The van der Waals surface area contributed by atoms with Crippen LogP contribution in [0.5, 0.6) is 0 Å². The fourth-order valence-electron chi connectivity index (χ4n) is 1.20. The molecule has 0 bridgehead atoms. The van der Waals surface area contributed by atoms with E-state index in [-0.39, 0.29) is 5.91 Å². The maximum atomic E-state index is 11.3. The van der Waals surface area contributed by atoms with E-state index in [4.69, 9.17) is 5.26 Å². The second-order valence-electron chi connectivity index (χ2n) is 3.16. The van der Waals surface area contributed by atoms with Crippen molar-refractivity contribution in [1.82, 2.24) is 4.90 Å². The second-order valence-corrected chi connectivity index (χ2v) is 3.81. The zero-order valence-corrected chi connectivity index (χ0v) is 9.99. The molecule has 0 radical (unpaired) electrons. The molecule has 0 unspecified atom stereocenters. The van der Waals surface area contributed by atoms with Crippen molar-refractivity contribution >= 4 is 23.4 Å². The molecule has 82 valence electrons. The topological polar surface area (TPSA) is 44.1 Å². The van der Waals surface area contributed by atoms with Gasteiger partial charge in [0.2, 0.25) is 5.91 Å². The van der Waals surface area contributed by atoms with E-state index in [1.807, 2.05) is 35.7 Å². The highest BCUT2D eigenvalue weighted by Gasteiger charge is 2.10. The van der Waals surface area contributed by atoms with Crippen molar-refractivity contribution in [3.8, 4) is 5.40 Å². The fraction of sp³-hybridized carbons (Fsp3) is 0.167. The molecule has 0 aliphatic heterocycles. The molecule has 4 heteroatoms. The van der Waals surface area contributed by atoms with Gasteiger partial charge in [-0.25, -0.2) is 0 Å². The van der Waals surface area contributed by atoms with Crippen LogP contribution in [0.2, 0.25) is 0 Å². The zero-order chi connectivity index (χ0) is 12.0. The van der Waals surface area contributed by atoms with Crippen molar-refractivity contribution < 1.29 is 4.79 Å². The number of rotatable bonds is 3. The van der Waals surface area contributed by atoms with Gasteiger partial charge in [0.1, 0.15) is 5.40 Å². The first-order valence-electron chi connectivity index (χ1n) is 4.71. The normalized spacial score (nSPS) is 10.7. The lowest BCUT2D eigenvalue weighted by atomic mass is 10.1. The highest BCUT2D eigenvalue weighted by molar-refractivity contribution is 8.06. The summed E-state index contributed by atoms with van der Waals surface area (Å²) in [6, 6.07) is 9.51. The number of nitrogens with zero attached hydrogens (tertiary/aromatic N) is 2. The van der Waals surface area contributed by atoms with Gasteiger partial charge < -0.3 is 4.90 Å². The van der Waals surface area contributed by atoms with Crippen LogP contribution in [-0.4, -0.2) is 17.9 Å². The van der Waals surface area contributed by atoms with E-state index in [2.05, 4.69) is 0 Å². The Bertz CT molecular complexity index is 434. The molecule has 0 aromatic heterocycles. The fourth-order valence-corrected chi connectivity index (χ4v) is 1.66. The number of benzene rings is 1. The Morgan fingerprint density at radius 1 is 1.44 bits per heavy atom. The van der Waals surface area contributed by atoms with Gasteiger partial charge in [0.15, 0.2) is 0 Å². The maximum Gasteiger partial charge on any atom is 0.223 e. The van der Waals surface area contributed by atoms with Crippen molar-refractivity contribution in [2.45, 2.75) is 6.92 Å². The summed E-state index contributed by atoms with van der Waals surface area (Å²) in [6.45, 7) is 1.49. The average Bonchev–Trinajstić information content (AvgIpc) is 2.30. The number of thiocyanates is 1. The largest absolute Gasteiger partial charge is 0.315 e. The molecule has 3 nitrogen and oxygen atoms in total. The van der Waals surface area contributed by atoms with E-state index in [0.29, 0.717) is 0 Å². The van der Waals surface area contributed by atoms with Crippen LogP contribution >= 0.6 is 11.8 Å². The first kappa shape index (κ1) is 12.3. The quantitative estimate of drug-likeness (QED) is 0.752. The smallest absolute Gasteiger partial charge is 0.223 e. The molecule has 0 aliphatic carbocycles. The third-order valence-electron chi connectivity index (χ3n) is 2.13. The average molecular weight is 232 g/mol. The van der Waals surface area contributed by atoms with Crippen LogP contribution in [0.15, 0.2) is 35.7 Å². The molecule has 1 amide bonds. The predicted molar refractivity (Wildman–Crippen MR) is 66.1 cm³/mol. The van der Waals surface area contributed by atoms with Crippen LogP contribution in [0.4, 0.5) is 0 Å². The van der Waals surface area contributed by atoms with Crippen LogP contribution < -0.4 is 0 Å². The number of thioether (sulfide) groups is 1. The van der Waals surface area contributed by atoms with E-state index in [0.717, 1.165) is 23.0 Å². The van der Waals surface area contributed by atoms with Crippen molar-refractivity contribution in [2.75, 3.05) is 7.05 Å². The Kier molecular flexibility index (Phi) is 4.62. The van der Waals surface area contributed by atoms with Crippen LogP contribution in [0, 0.1) is 10.7 Å². The van der Waals surface area contributed by atoms with Crippen LogP contribution in [0.1, 0.15) is 12.5 Å². The molecule has 0 spiro atoms. The Morgan fingerprint density at radius 3 is 2.56 bits per heavy atom. The standard InChI is InChI=1S/C12H12N2OS/c1-10(15)14(2)12(8-16-9-13)11-6-4-3-5-7-11/h3-8H,1-2H3/b12-8+. The highest BCUT2D eigenvalue weighted by atomic mass is 32.2. The molecule has 0 aliphatic rings. The zero-order valence-electron chi connectivity index (χ0n) is 9.18. The Morgan fingerprint density at radius 2 is 2.06 bits per heavy atom. The van der Waals surface area contributed by atoms with Gasteiger partial charge >= 0.3 is 0 Å². The third-order valence-corrected chi connectivity index (χ3v) is 2.57. The monoisotopic (exact) mass is 232 g/mol. The van der Waals surface area contributed by atoms with Gasteiger partial charge in [-0.15, -0.1) is 0 Å². The summed E-state index contributed by atoms with van der Waals surface area (Å²) in [5.41, 5.74) is 1.66. The van der Waals surface area contributed by atoms with Crippen LogP contribution in [0.3, 0.4) is 0 Å². The Hall–Kier alpha value is -1.73. The lowest BCUT2D eigenvalue weighted by Crippen LogP contribution is -2.21. The SMILES string of the molecule is CC(=O)N(C)/C(=C/SC#N)c1ccccc1. The molecule has 0 saturated heterocycles. The van der Waals surface area contributed by atoms with Gasteiger partial charge in [0.25, 0.3) is 0 Å².